The van der Waals surface area contributed by atoms with E-state index in [1.807, 2.05) is 0 Å². The lowest BCUT2D eigenvalue weighted by Crippen LogP contribution is -2.11. The second-order valence-electron chi connectivity index (χ2n) is 3.93. The topological polar surface area (TPSA) is 134 Å². The van der Waals surface area contributed by atoms with Crippen molar-refractivity contribution in [3.05, 3.63) is 51.2 Å². The van der Waals surface area contributed by atoms with Crippen molar-refractivity contribution in [1.82, 2.24) is 4.98 Å². The summed E-state index contributed by atoms with van der Waals surface area (Å²) in [6.45, 7) is 0. The third kappa shape index (κ3) is 3.18. The summed E-state index contributed by atoms with van der Waals surface area (Å²) in [5.41, 5.74) is 10.4. The van der Waals surface area contributed by atoms with Crippen LogP contribution in [0, 0.1) is 10.1 Å². The van der Waals surface area contributed by atoms with Gasteiger partial charge in [0.1, 0.15) is 5.15 Å². The van der Waals surface area contributed by atoms with E-state index < -0.39 is 16.5 Å². The number of primary amides is 1. The maximum atomic E-state index is 11.1. The molecule has 0 spiro atoms. The summed E-state index contributed by atoms with van der Waals surface area (Å²) in [6.07, 6.45) is 0. The highest BCUT2D eigenvalue weighted by molar-refractivity contribution is 6.29. The number of carbonyl (C=O) groups is 1. The number of amides is 1. The van der Waals surface area contributed by atoms with Gasteiger partial charge in [-0.1, -0.05) is 11.6 Å². The van der Waals surface area contributed by atoms with E-state index in [-0.39, 0.29) is 28.0 Å². The molecule has 0 aliphatic carbocycles. The molecule has 1 aromatic heterocycles. The number of nitrogens with two attached hydrogens (primary N) is 2. The van der Waals surface area contributed by atoms with Crippen molar-refractivity contribution in [2.24, 2.45) is 5.73 Å². The Hall–Kier alpha value is -2.87. The Kier molecular flexibility index (Phi) is 3.90. The van der Waals surface area contributed by atoms with Crippen LogP contribution in [0.4, 0.5) is 11.4 Å². The van der Waals surface area contributed by atoms with Crippen molar-refractivity contribution in [2.75, 3.05) is 5.73 Å². The zero-order valence-electron chi connectivity index (χ0n) is 10.4. The maximum absolute atomic E-state index is 11.1. The summed E-state index contributed by atoms with van der Waals surface area (Å²) < 4.78 is 5.30. The van der Waals surface area contributed by atoms with Crippen molar-refractivity contribution >= 4 is 28.9 Å². The molecule has 1 heterocycles. The van der Waals surface area contributed by atoms with E-state index in [4.69, 9.17) is 27.8 Å². The molecule has 0 fully saturated rings. The van der Waals surface area contributed by atoms with Crippen LogP contribution in [0.5, 0.6) is 11.6 Å². The molecule has 1 aromatic carbocycles. The second kappa shape index (κ2) is 5.63. The highest BCUT2D eigenvalue weighted by Gasteiger charge is 2.19. The summed E-state index contributed by atoms with van der Waals surface area (Å²) in [5.74, 6) is -0.992. The number of nitro groups is 1. The summed E-state index contributed by atoms with van der Waals surface area (Å²) in [6, 6.07) is 6.45. The molecule has 0 atom stereocenters. The number of hydrogen-bond acceptors (Lipinski definition) is 6. The van der Waals surface area contributed by atoms with E-state index in [0.717, 1.165) is 6.07 Å². The van der Waals surface area contributed by atoms with Gasteiger partial charge in [0, 0.05) is 11.6 Å². The van der Waals surface area contributed by atoms with Gasteiger partial charge in [0.25, 0.3) is 0 Å². The Bertz CT molecular complexity index is 735. The SMILES string of the molecule is NC(=O)c1ccc(Oc2nc(Cl)ccc2N)c([N+](=O)[O-])c1. The highest BCUT2D eigenvalue weighted by Crippen LogP contribution is 2.34. The predicted octanol–water partition coefficient (Wildman–Crippen LogP) is 2.12. The van der Waals surface area contributed by atoms with Crippen molar-refractivity contribution < 1.29 is 14.5 Å². The average Bonchev–Trinajstić information content (AvgIpc) is 2.42. The smallest absolute Gasteiger partial charge is 0.312 e. The van der Waals surface area contributed by atoms with E-state index in [1.165, 1.54) is 24.3 Å². The average molecular weight is 309 g/mol. The van der Waals surface area contributed by atoms with Crippen molar-refractivity contribution in [3.63, 3.8) is 0 Å². The molecule has 4 N–H and O–H groups in total. The normalized spacial score (nSPS) is 10.1. The molecule has 1 amide bonds. The first-order valence-corrected chi connectivity index (χ1v) is 5.94. The van der Waals surface area contributed by atoms with E-state index in [9.17, 15) is 14.9 Å². The van der Waals surface area contributed by atoms with Gasteiger partial charge in [-0.25, -0.2) is 0 Å². The molecular weight excluding hydrogens is 300 g/mol. The molecule has 2 rings (SSSR count). The second-order valence-corrected chi connectivity index (χ2v) is 4.32. The number of carbonyl (C=O) groups excluding carboxylic acids is 1. The van der Waals surface area contributed by atoms with E-state index in [0.29, 0.717) is 0 Å². The Labute approximate surface area is 123 Å². The molecule has 108 valence electrons. The molecule has 8 nitrogen and oxygen atoms in total. The monoisotopic (exact) mass is 308 g/mol. The van der Waals surface area contributed by atoms with Crippen LogP contribution in [0.15, 0.2) is 30.3 Å². The largest absolute Gasteiger partial charge is 0.430 e. The van der Waals surface area contributed by atoms with Gasteiger partial charge in [0.2, 0.25) is 17.5 Å². The minimum absolute atomic E-state index is 0.0129. The number of halogens is 1. The van der Waals surface area contributed by atoms with Gasteiger partial charge in [-0.3, -0.25) is 14.9 Å². The van der Waals surface area contributed by atoms with Crippen molar-refractivity contribution in [3.8, 4) is 11.6 Å². The van der Waals surface area contributed by atoms with Crippen LogP contribution >= 0.6 is 11.6 Å². The summed E-state index contributed by atoms with van der Waals surface area (Å²) in [5, 5.41) is 11.2. The fourth-order valence-electron chi connectivity index (χ4n) is 1.51. The lowest BCUT2D eigenvalue weighted by molar-refractivity contribution is -0.385. The fraction of sp³-hybridized carbons (Fsp3) is 0. The summed E-state index contributed by atoms with van der Waals surface area (Å²) >= 11 is 5.71. The molecule has 2 aromatic rings. The van der Waals surface area contributed by atoms with Gasteiger partial charge in [-0.15, -0.1) is 0 Å². The van der Waals surface area contributed by atoms with Gasteiger partial charge in [0.05, 0.1) is 10.6 Å². The summed E-state index contributed by atoms with van der Waals surface area (Å²) in [4.78, 5) is 25.2. The van der Waals surface area contributed by atoms with E-state index in [1.54, 1.807) is 0 Å². The molecule has 9 heteroatoms. The number of aromatic nitrogens is 1. The molecule has 21 heavy (non-hydrogen) atoms. The molecule has 0 unspecified atom stereocenters. The Morgan fingerprint density at radius 2 is 2.05 bits per heavy atom. The first kappa shape index (κ1) is 14.5. The number of ether oxygens (including phenoxy) is 1. The van der Waals surface area contributed by atoms with Crippen LogP contribution in [0.3, 0.4) is 0 Å². The Morgan fingerprint density at radius 3 is 2.67 bits per heavy atom. The number of benzene rings is 1. The Morgan fingerprint density at radius 1 is 1.33 bits per heavy atom. The van der Waals surface area contributed by atoms with Crippen LogP contribution < -0.4 is 16.2 Å². The van der Waals surface area contributed by atoms with E-state index >= 15 is 0 Å². The first-order chi connectivity index (χ1) is 9.88. The maximum Gasteiger partial charge on any atom is 0.312 e. The van der Waals surface area contributed by atoms with Crippen LogP contribution in [0.1, 0.15) is 10.4 Å². The number of nitrogen functional groups attached to an aromatic ring is 1. The molecule has 0 saturated carbocycles. The number of rotatable bonds is 4. The standard InChI is InChI=1S/C12H9ClN4O4/c13-10-4-2-7(14)12(16-10)21-9-3-1-6(11(15)18)5-8(9)17(19)20/h1-5H,14H2,(H2,15,18). The molecule has 0 aliphatic heterocycles. The molecule has 0 saturated heterocycles. The van der Waals surface area contributed by atoms with Crippen LogP contribution in [-0.2, 0) is 0 Å². The van der Waals surface area contributed by atoms with E-state index in [2.05, 4.69) is 4.98 Å². The predicted molar refractivity (Wildman–Crippen MR) is 75.3 cm³/mol. The van der Waals surface area contributed by atoms with Crippen molar-refractivity contribution in [1.29, 1.82) is 0 Å². The number of nitrogens with zero attached hydrogens (tertiary/aromatic N) is 2. The molecular formula is C12H9ClN4O4. The minimum atomic E-state index is -0.787. The van der Waals surface area contributed by atoms with Gasteiger partial charge in [-0.05, 0) is 24.3 Å². The number of anilines is 1. The van der Waals surface area contributed by atoms with Gasteiger partial charge < -0.3 is 16.2 Å². The third-order valence-corrected chi connectivity index (χ3v) is 2.71. The number of pyridine rings is 1. The lowest BCUT2D eigenvalue weighted by atomic mass is 10.2. The third-order valence-electron chi connectivity index (χ3n) is 2.50. The molecule has 0 radical (unpaired) electrons. The Balaban J connectivity index is 2.46. The molecule has 0 bridgehead atoms. The zero-order chi connectivity index (χ0) is 15.6. The van der Waals surface area contributed by atoms with Crippen LogP contribution in [0.25, 0.3) is 0 Å². The van der Waals surface area contributed by atoms with Crippen LogP contribution in [-0.4, -0.2) is 15.8 Å². The zero-order valence-corrected chi connectivity index (χ0v) is 11.2. The fourth-order valence-corrected chi connectivity index (χ4v) is 1.65. The minimum Gasteiger partial charge on any atom is -0.430 e. The van der Waals surface area contributed by atoms with Gasteiger partial charge in [-0.2, -0.15) is 4.98 Å². The highest BCUT2D eigenvalue weighted by atomic mass is 35.5. The lowest BCUT2D eigenvalue weighted by Gasteiger charge is -2.08. The van der Waals surface area contributed by atoms with Gasteiger partial charge >= 0.3 is 5.69 Å². The number of nitro benzene ring substituents is 1. The number of hydrogen-bond donors (Lipinski definition) is 2. The quantitative estimate of drug-likeness (QED) is 0.504. The summed E-state index contributed by atoms with van der Waals surface area (Å²) in [7, 11) is 0. The first-order valence-electron chi connectivity index (χ1n) is 5.56. The van der Waals surface area contributed by atoms with Crippen LogP contribution in [0.2, 0.25) is 5.15 Å². The van der Waals surface area contributed by atoms with Crippen molar-refractivity contribution in [2.45, 2.75) is 0 Å². The van der Waals surface area contributed by atoms with Gasteiger partial charge in [0.15, 0.2) is 0 Å². The molecule has 0 aliphatic rings.